The van der Waals surface area contributed by atoms with Crippen molar-refractivity contribution in [1.82, 2.24) is 14.8 Å². The number of benzene rings is 1. The number of hydrazone groups is 1. The van der Waals surface area contributed by atoms with Crippen molar-refractivity contribution in [1.29, 1.82) is 5.26 Å². The number of sulfonamides is 1. The van der Waals surface area contributed by atoms with Gasteiger partial charge in [0, 0.05) is 17.8 Å². The maximum Gasteiger partial charge on any atom is 0.241 e. The molecular weight excluding hydrogens is 370 g/mol. The molecule has 1 aromatic carbocycles. The van der Waals surface area contributed by atoms with Gasteiger partial charge in [-0.15, -0.1) is 5.10 Å². The van der Waals surface area contributed by atoms with Crippen molar-refractivity contribution in [3.8, 4) is 11.9 Å². The zero-order chi connectivity index (χ0) is 19.9. The SMILES string of the molecule is COc1ccc(CN(N)/N=C(\N)c2ccc(S(=O)(=O)NCC#N)cc2)cn1. The van der Waals surface area contributed by atoms with Crippen LogP contribution in [0.4, 0.5) is 0 Å². The molecule has 11 heteroatoms. The molecule has 27 heavy (non-hydrogen) atoms. The number of nitriles is 1. The fourth-order valence-corrected chi connectivity index (χ4v) is 2.97. The molecule has 0 atom stereocenters. The van der Waals surface area contributed by atoms with Gasteiger partial charge in [-0.2, -0.15) is 9.98 Å². The summed E-state index contributed by atoms with van der Waals surface area (Å²) in [6.45, 7) is -0.0434. The van der Waals surface area contributed by atoms with Crippen molar-refractivity contribution >= 4 is 15.9 Å². The van der Waals surface area contributed by atoms with Gasteiger partial charge < -0.3 is 10.5 Å². The first-order chi connectivity index (χ1) is 12.9. The summed E-state index contributed by atoms with van der Waals surface area (Å²) in [7, 11) is -2.21. The predicted molar refractivity (Wildman–Crippen MR) is 98.5 cm³/mol. The first kappa shape index (κ1) is 20.1. The summed E-state index contributed by atoms with van der Waals surface area (Å²) in [4.78, 5) is 4.09. The first-order valence-corrected chi connectivity index (χ1v) is 9.16. The number of hydrazine groups is 1. The average Bonchev–Trinajstić information content (AvgIpc) is 2.67. The van der Waals surface area contributed by atoms with Gasteiger partial charge in [0.2, 0.25) is 15.9 Å². The third kappa shape index (κ3) is 5.65. The van der Waals surface area contributed by atoms with E-state index >= 15 is 0 Å². The molecule has 142 valence electrons. The van der Waals surface area contributed by atoms with Crippen molar-refractivity contribution in [2.75, 3.05) is 13.7 Å². The zero-order valence-corrected chi connectivity index (χ0v) is 15.3. The molecule has 0 saturated carbocycles. The molecule has 2 aromatic rings. The number of methoxy groups -OCH3 is 1. The van der Waals surface area contributed by atoms with Crippen LogP contribution >= 0.6 is 0 Å². The first-order valence-electron chi connectivity index (χ1n) is 7.68. The number of pyridine rings is 1. The van der Waals surface area contributed by atoms with Gasteiger partial charge in [0.15, 0.2) is 5.84 Å². The number of rotatable bonds is 8. The van der Waals surface area contributed by atoms with Crippen LogP contribution in [0.1, 0.15) is 11.1 Å². The maximum absolute atomic E-state index is 11.9. The van der Waals surface area contributed by atoms with Crippen LogP contribution in [0.3, 0.4) is 0 Å². The Morgan fingerprint density at radius 1 is 1.33 bits per heavy atom. The van der Waals surface area contributed by atoms with Crippen LogP contribution in [0.2, 0.25) is 0 Å². The van der Waals surface area contributed by atoms with Gasteiger partial charge in [-0.05, 0) is 29.8 Å². The molecule has 0 spiro atoms. The largest absolute Gasteiger partial charge is 0.481 e. The van der Waals surface area contributed by atoms with Gasteiger partial charge in [0.1, 0.15) is 0 Å². The number of nitrogens with one attached hydrogen (secondary N) is 1. The molecule has 1 aromatic heterocycles. The van der Waals surface area contributed by atoms with E-state index in [2.05, 4.69) is 14.8 Å². The molecule has 0 aliphatic carbocycles. The zero-order valence-electron chi connectivity index (χ0n) is 14.5. The van der Waals surface area contributed by atoms with E-state index in [0.717, 1.165) is 10.7 Å². The van der Waals surface area contributed by atoms with Crippen LogP contribution in [0.5, 0.6) is 5.88 Å². The fourth-order valence-electron chi connectivity index (χ4n) is 2.06. The highest BCUT2D eigenvalue weighted by Crippen LogP contribution is 2.11. The Balaban J connectivity index is 2.07. The highest BCUT2D eigenvalue weighted by Gasteiger charge is 2.13. The van der Waals surface area contributed by atoms with Crippen LogP contribution < -0.4 is 21.0 Å². The van der Waals surface area contributed by atoms with Gasteiger partial charge in [-0.25, -0.2) is 24.4 Å². The minimum absolute atomic E-state index is 0.0169. The van der Waals surface area contributed by atoms with E-state index in [1.165, 1.54) is 31.4 Å². The molecule has 5 N–H and O–H groups in total. The number of nitrogens with two attached hydrogens (primary N) is 2. The van der Waals surface area contributed by atoms with E-state index in [0.29, 0.717) is 11.4 Å². The lowest BCUT2D eigenvalue weighted by Crippen LogP contribution is -2.29. The molecule has 0 saturated heterocycles. The van der Waals surface area contributed by atoms with E-state index in [4.69, 9.17) is 21.6 Å². The predicted octanol–water partition coefficient (Wildman–Crippen LogP) is -0.112. The summed E-state index contributed by atoms with van der Waals surface area (Å²) in [5.74, 6) is 6.45. The Kier molecular flexibility index (Phi) is 6.67. The lowest BCUT2D eigenvalue weighted by atomic mass is 10.2. The fraction of sp³-hybridized carbons (Fsp3) is 0.188. The average molecular weight is 389 g/mol. The maximum atomic E-state index is 11.9. The smallest absolute Gasteiger partial charge is 0.241 e. The summed E-state index contributed by atoms with van der Waals surface area (Å²) in [5, 5.41) is 13.7. The summed E-state index contributed by atoms with van der Waals surface area (Å²) < 4.78 is 31.0. The van der Waals surface area contributed by atoms with E-state index in [-0.39, 0.29) is 23.8 Å². The molecular formula is C16H19N7O3S. The van der Waals surface area contributed by atoms with Crippen LogP contribution in [0.15, 0.2) is 52.6 Å². The molecule has 0 unspecified atom stereocenters. The summed E-state index contributed by atoms with van der Waals surface area (Å²) >= 11 is 0. The quantitative estimate of drug-likeness (QED) is 0.185. The van der Waals surface area contributed by atoms with E-state index in [9.17, 15) is 8.42 Å². The van der Waals surface area contributed by atoms with Gasteiger partial charge in [0.25, 0.3) is 0 Å². The molecule has 10 nitrogen and oxygen atoms in total. The second kappa shape index (κ2) is 8.95. The van der Waals surface area contributed by atoms with Crippen LogP contribution in [-0.2, 0) is 16.6 Å². The molecule has 0 fully saturated rings. The van der Waals surface area contributed by atoms with Gasteiger partial charge in [-0.1, -0.05) is 6.07 Å². The number of hydrogen-bond acceptors (Lipinski definition) is 8. The second-order valence-corrected chi connectivity index (χ2v) is 7.07. The molecule has 0 amide bonds. The number of nitrogens with zero attached hydrogens (tertiary/aromatic N) is 4. The summed E-state index contributed by atoms with van der Waals surface area (Å²) in [6, 6.07) is 11.0. The Bertz CT molecular complexity index is 935. The van der Waals surface area contributed by atoms with Crippen molar-refractivity contribution in [2.24, 2.45) is 16.7 Å². The second-order valence-electron chi connectivity index (χ2n) is 5.30. The summed E-state index contributed by atoms with van der Waals surface area (Å²) in [5.41, 5.74) is 7.22. The molecule has 0 bridgehead atoms. The van der Waals surface area contributed by atoms with Gasteiger partial charge in [0.05, 0.1) is 31.2 Å². The monoisotopic (exact) mass is 389 g/mol. The Morgan fingerprint density at radius 2 is 2.04 bits per heavy atom. The van der Waals surface area contributed by atoms with E-state index in [1.54, 1.807) is 24.4 Å². The standard InChI is InChI=1S/C16H19N7O3S/c1-26-15-7-2-12(10-20-15)11-23(19)22-16(18)13-3-5-14(6-4-13)27(24,25)21-9-8-17/h2-7,10,21H,9,11,19H2,1H3,(H2,18,22). The molecule has 1 heterocycles. The van der Waals surface area contributed by atoms with Crippen molar-refractivity contribution in [3.63, 3.8) is 0 Å². The van der Waals surface area contributed by atoms with Crippen LogP contribution in [-0.4, -0.2) is 38.0 Å². The van der Waals surface area contributed by atoms with Crippen LogP contribution in [0.25, 0.3) is 0 Å². The van der Waals surface area contributed by atoms with E-state index < -0.39 is 10.0 Å². The van der Waals surface area contributed by atoms with Crippen LogP contribution in [0, 0.1) is 11.3 Å². The molecule has 0 radical (unpaired) electrons. The molecule has 0 aliphatic rings. The number of aromatic nitrogens is 1. The third-order valence-electron chi connectivity index (χ3n) is 3.39. The Hall–Kier alpha value is -3.20. The third-order valence-corrected chi connectivity index (χ3v) is 4.81. The molecule has 0 aliphatic heterocycles. The molecule has 2 rings (SSSR count). The highest BCUT2D eigenvalue weighted by atomic mass is 32.2. The van der Waals surface area contributed by atoms with E-state index in [1.807, 2.05) is 0 Å². The van der Waals surface area contributed by atoms with Gasteiger partial charge in [-0.3, -0.25) is 0 Å². The van der Waals surface area contributed by atoms with Crippen molar-refractivity contribution in [2.45, 2.75) is 11.4 Å². The minimum Gasteiger partial charge on any atom is -0.481 e. The Morgan fingerprint density at radius 3 is 2.59 bits per heavy atom. The van der Waals surface area contributed by atoms with Gasteiger partial charge >= 0.3 is 0 Å². The number of ether oxygens (including phenoxy) is 1. The lowest BCUT2D eigenvalue weighted by molar-refractivity contribution is 0.289. The minimum atomic E-state index is -3.74. The summed E-state index contributed by atoms with van der Waals surface area (Å²) in [6.07, 6.45) is 1.61. The van der Waals surface area contributed by atoms with Crippen molar-refractivity contribution < 1.29 is 13.2 Å². The Labute approximate surface area is 157 Å². The highest BCUT2D eigenvalue weighted by molar-refractivity contribution is 7.89. The lowest BCUT2D eigenvalue weighted by Gasteiger charge is -2.14. The number of amidine groups is 1. The number of hydrogen-bond donors (Lipinski definition) is 3. The topological polar surface area (TPSA) is 160 Å². The van der Waals surface area contributed by atoms with Crippen molar-refractivity contribution in [3.05, 3.63) is 53.7 Å². The normalized spacial score (nSPS) is 11.7.